The topological polar surface area (TPSA) is 91.8 Å². The van der Waals surface area contributed by atoms with Crippen LogP contribution in [0.25, 0.3) is 0 Å². The predicted octanol–water partition coefficient (Wildman–Crippen LogP) is 2.10. The number of benzene rings is 1. The third-order valence-electron chi connectivity index (χ3n) is 4.18. The number of aryl methyl sites for hydroxylation is 1. The molecule has 1 aliphatic rings. The average Bonchev–Trinajstić information content (AvgIpc) is 3.04. The molecule has 0 spiro atoms. The zero-order valence-corrected chi connectivity index (χ0v) is 14.5. The highest BCUT2D eigenvalue weighted by molar-refractivity contribution is 5.96. The largest absolute Gasteiger partial charge is 0.445 e. The maximum absolute atomic E-state index is 12.5. The van der Waals surface area contributed by atoms with E-state index in [1.54, 1.807) is 12.3 Å². The lowest BCUT2D eigenvalue weighted by molar-refractivity contribution is -0.120. The molecule has 26 heavy (non-hydrogen) atoms. The molecule has 7 heteroatoms. The fourth-order valence-electron chi connectivity index (χ4n) is 2.82. The molecule has 1 aromatic carbocycles. The summed E-state index contributed by atoms with van der Waals surface area (Å²) in [5, 5.41) is 12.6. The molecule has 0 saturated carbocycles. The number of carbonyl (C=O) groups excluding carboxylic acids is 2. The van der Waals surface area contributed by atoms with Crippen LogP contribution in [0.1, 0.15) is 17.5 Å². The Morgan fingerprint density at radius 1 is 1.27 bits per heavy atom. The average molecular weight is 355 g/mol. The van der Waals surface area contributed by atoms with Gasteiger partial charge in [0.05, 0.1) is 12.6 Å². The van der Waals surface area contributed by atoms with Crippen LogP contribution >= 0.6 is 0 Å². The number of nitrogens with zero attached hydrogens (tertiary/aromatic N) is 2. The first-order valence-electron chi connectivity index (χ1n) is 8.42. The Morgan fingerprint density at radius 3 is 2.73 bits per heavy atom. The van der Waals surface area contributed by atoms with E-state index in [4.69, 9.17) is 4.74 Å². The van der Waals surface area contributed by atoms with Crippen LogP contribution in [0, 0.1) is 6.92 Å². The minimum atomic E-state index is -0.795. The number of hydrogen-bond donors (Lipinski definition) is 2. The van der Waals surface area contributed by atoms with Crippen LogP contribution in [0.3, 0.4) is 0 Å². The van der Waals surface area contributed by atoms with Gasteiger partial charge in [0, 0.05) is 12.6 Å². The highest BCUT2D eigenvalue weighted by Gasteiger charge is 2.40. The van der Waals surface area contributed by atoms with Crippen LogP contribution < -0.4 is 5.32 Å². The zero-order chi connectivity index (χ0) is 18.5. The van der Waals surface area contributed by atoms with Crippen molar-refractivity contribution < 1.29 is 19.4 Å². The van der Waals surface area contributed by atoms with Gasteiger partial charge in [-0.25, -0.2) is 9.78 Å². The molecule has 2 amide bonds. The molecule has 0 radical (unpaired) electrons. The SMILES string of the molecule is Cc1ccc(NC(=O)C2C[C@@H](O)CN2C(=O)OCc2ccccc2)nc1. The van der Waals surface area contributed by atoms with Gasteiger partial charge in [0.2, 0.25) is 5.91 Å². The Balaban J connectivity index is 1.62. The fourth-order valence-corrected chi connectivity index (χ4v) is 2.82. The monoisotopic (exact) mass is 355 g/mol. The Morgan fingerprint density at radius 2 is 2.04 bits per heavy atom. The van der Waals surface area contributed by atoms with Crippen LogP contribution in [-0.2, 0) is 16.1 Å². The second-order valence-electron chi connectivity index (χ2n) is 6.31. The van der Waals surface area contributed by atoms with E-state index in [0.29, 0.717) is 5.82 Å². The number of β-amino-alcohol motifs (C(OH)–C–C–N with tert-alkyl or cyclic N) is 1. The van der Waals surface area contributed by atoms with E-state index < -0.39 is 24.1 Å². The summed E-state index contributed by atoms with van der Waals surface area (Å²) in [6.07, 6.45) is 0.423. The minimum Gasteiger partial charge on any atom is -0.445 e. The first kappa shape index (κ1) is 17.9. The van der Waals surface area contributed by atoms with Gasteiger partial charge in [-0.3, -0.25) is 9.69 Å². The number of carbonyl (C=O) groups is 2. The number of rotatable bonds is 4. The number of likely N-dealkylation sites (tertiary alicyclic amines) is 1. The molecule has 2 N–H and O–H groups in total. The molecule has 1 unspecified atom stereocenters. The Hall–Kier alpha value is -2.93. The minimum absolute atomic E-state index is 0.0625. The van der Waals surface area contributed by atoms with Crippen molar-refractivity contribution in [3.63, 3.8) is 0 Å². The summed E-state index contributed by atoms with van der Waals surface area (Å²) in [5.74, 6) is 0.00848. The normalized spacial score (nSPS) is 19.2. The zero-order valence-electron chi connectivity index (χ0n) is 14.5. The molecule has 0 aliphatic carbocycles. The van der Waals surface area contributed by atoms with Crippen molar-refractivity contribution in [2.24, 2.45) is 0 Å². The summed E-state index contributed by atoms with van der Waals surface area (Å²) >= 11 is 0. The van der Waals surface area contributed by atoms with Crippen LogP contribution in [0.2, 0.25) is 0 Å². The summed E-state index contributed by atoms with van der Waals surface area (Å²) < 4.78 is 5.29. The van der Waals surface area contributed by atoms with Crippen molar-refractivity contribution in [2.75, 3.05) is 11.9 Å². The maximum Gasteiger partial charge on any atom is 0.410 e. The predicted molar refractivity (Wildman–Crippen MR) is 95.3 cm³/mol. The number of amides is 2. The molecule has 0 bridgehead atoms. The quantitative estimate of drug-likeness (QED) is 0.876. The van der Waals surface area contributed by atoms with Crippen molar-refractivity contribution in [1.82, 2.24) is 9.88 Å². The molecular formula is C19H21N3O4. The van der Waals surface area contributed by atoms with Crippen molar-refractivity contribution in [3.8, 4) is 0 Å². The Labute approximate surface area is 151 Å². The van der Waals surface area contributed by atoms with E-state index in [0.717, 1.165) is 11.1 Å². The van der Waals surface area contributed by atoms with Crippen LogP contribution in [0.4, 0.5) is 10.6 Å². The van der Waals surface area contributed by atoms with E-state index in [-0.39, 0.29) is 19.6 Å². The molecule has 1 aliphatic heterocycles. The maximum atomic E-state index is 12.5. The summed E-state index contributed by atoms with van der Waals surface area (Å²) in [6.45, 7) is 2.07. The smallest absolute Gasteiger partial charge is 0.410 e. The molecule has 1 aromatic heterocycles. The van der Waals surface area contributed by atoms with Crippen molar-refractivity contribution >= 4 is 17.8 Å². The molecule has 1 fully saturated rings. The van der Waals surface area contributed by atoms with E-state index >= 15 is 0 Å². The number of aliphatic hydroxyl groups is 1. The number of pyridine rings is 1. The summed E-state index contributed by atoms with van der Waals surface area (Å²) in [5.41, 5.74) is 1.83. The summed E-state index contributed by atoms with van der Waals surface area (Å²) in [4.78, 5) is 30.3. The third kappa shape index (κ3) is 4.37. The van der Waals surface area contributed by atoms with Crippen molar-refractivity contribution in [2.45, 2.75) is 32.1 Å². The van der Waals surface area contributed by atoms with Crippen LogP contribution in [0.5, 0.6) is 0 Å². The molecule has 2 heterocycles. The van der Waals surface area contributed by atoms with Gasteiger partial charge in [-0.1, -0.05) is 36.4 Å². The van der Waals surface area contributed by atoms with Gasteiger partial charge in [0.15, 0.2) is 0 Å². The van der Waals surface area contributed by atoms with E-state index in [1.807, 2.05) is 43.3 Å². The number of ether oxygens (including phenoxy) is 1. The highest BCUT2D eigenvalue weighted by Crippen LogP contribution is 2.21. The third-order valence-corrected chi connectivity index (χ3v) is 4.18. The van der Waals surface area contributed by atoms with Gasteiger partial charge in [-0.15, -0.1) is 0 Å². The van der Waals surface area contributed by atoms with E-state index in [2.05, 4.69) is 10.3 Å². The van der Waals surface area contributed by atoms with Gasteiger partial charge < -0.3 is 15.2 Å². The lowest BCUT2D eigenvalue weighted by Gasteiger charge is -2.22. The first-order valence-corrected chi connectivity index (χ1v) is 8.42. The second-order valence-corrected chi connectivity index (χ2v) is 6.31. The van der Waals surface area contributed by atoms with Gasteiger partial charge in [0.25, 0.3) is 0 Å². The first-order chi connectivity index (χ1) is 12.5. The second kappa shape index (κ2) is 7.97. The molecule has 136 valence electrons. The molecule has 1 saturated heterocycles. The molecular weight excluding hydrogens is 334 g/mol. The number of anilines is 1. The van der Waals surface area contributed by atoms with Gasteiger partial charge in [0.1, 0.15) is 18.5 Å². The lowest BCUT2D eigenvalue weighted by Crippen LogP contribution is -2.43. The van der Waals surface area contributed by atoms with Gasteiger partial charge in [-0.2, -0.15) is 0 Å². The number of nitrogens with one attached hydrogen (secondary N) is 1. The van der Waals surface area contributed by atoms with Crippen LogP contribution in [0.15, 0.2) is 48.7 Å². The van der Waals surface area contributed by atoms with Crippen molar-refractivity contribution in [1.29, 1.82) is 0 Å². The highest BCUT2D eigenvalue weighted by atomic mass is 16.6. The molecule has 7 nitrogen and oxygen atoms in total. The number of aliphatic hydroxyl groups excluding tert-OH is 1. The summed E-state index contributed by atoms with van der Waals surface area (Å²) in [7, 11) is 0. The Bertz CT molecular complexity index is 764. The Kier molecular flexibility index (Phi) is 5.48. The van der Waals surface area contributed by atoms with Crippen LogP contribution in [-0.4, -0.2) is 45.7 Å². The fraction of sp³-hybridized carbons (Fsp3) is 0.316. The van der Waals surface area contributed by atoms with E-state index in [9.17, 15) is 14.7 Å². The van der Waals surface area contributed by atoms with Gasteiger partial charge in [-0.05, 0) is 24.1 Å². The molecule has 2 aromatic rings. The van der Waals surface area contributed by atoms with Crippen molar-refractivity contribution in [3.05, 3.63) is 59.8 Å². The standard InChI is InChI=1S/C19H21N3O4/c1-13-7-8-17(20-10-13)21-18(24)16-9-15(23)11-22(16)19(25)26-12-14-5-3-2-4-6-14/h2-8,10,15-16,23H,9,11-12H2,1H3,(H,20,21,24)/t15-,16?/m1/s1. The number of aromatic nitrogens is 1. The lowest BCUT2D eigenvalue weighted by atomic mass is 10.2. The summed E-state index contributed by atoms with van der Waals surface area (Å²) in [6, 6.07) is 12.0. The van der Waals surface area contributed by atoms with Gasteiger partial charge >= 0.3 is 6.09 Å². The molecule has 2 atom stereocenters. The molecule has 3 rings (SSSR count). The van der Waals surface area contributed by atoms with E-state index in [1.165, 1.54) is 4.90 Å². The number of hydrogen-bond acceptors (Lipinski definition) is 5.